The van der Waals surface area contributed by atoms with Gasteiger partial charge in [0.05, 0.1) is 22.1 Å². The number of aromatic nitrogens is 8. The van der Waals surface area contributed by atoms with Crippen LogP contribution in [0.25, 0.3) is 219 Å². The second kappa shape index (κ2) is 22.1. The van der Waals surface area contributed by atoms with Gasteiger partial charge in [0.1, 0.15) is 22.3 Å². The highest BCUT2D eigenvalue weighted by atomic mass is 32.1. The van der Waals surface area contributed by atoms with Crippen LogP contribution in [0.2, 0.25) is 0 Å². The molecule has 474 valence electrons. The first-order valence-corrected chi connectivity index (χ1v) is 35.6. The molecule has 102 heavy (non-hydrogen) atoms. The normalized spacial score (nSPS) is 12.1. The molecule has 0 spiro atoms. The molecule has 10 nitrogen and oxygen atoms in total. The van der Waals surface area contributed by atoms with E-state index in [1.165, 1.54) is 40.3 Å². The molecule has 0 saturated carbocycles. The second-order valence-electron chi connectivity index (χ2n) is 25.9. The summed E-state index contributed by atoms with van der Waals surface area (Å²) < 4.78 is 23.4. The topological polar surface area (TPSA) is 113 Å². The molecule has 0 atom stereocenters. The average Bonchev–Trinajstić information content (AvgIpc) is 1.55. The Morgan fingerprint density at radius 2 is 0.657 bits per heavy atom. The van der Waals surface area contributed by atoms with Gasteiger partial charge < -0.3 is 8.83 Å². The van der Waals surface area contributed by atoms with Crippen LogP contribution in [-0.4, -0.2) is 39.0 Å². The zero-order chi connectivity index (χ0) is 66.7. The number of hydrogen-bond acceptors (Lipinski definition) is 10. The molecule has 22 aromatic rings. The largest absolute Gasteiger partial charge is 0.455 e. The molecule has 0 radical (unpaired) electrons. The number of rotatable bonds is 9. The van der Waals surface area contributed by atoms with E-state index in [9.17, 15) is 0 Å². The summed E-state index contributed by atoms with van der Waals surface area (Å²) in [5.74, 6) is 3.29. The van der Waals surface area contributed by atoms with Gasteiger partial charge in [-0.15, -0.1) is 22.7 Å². The number of thiophene rings is 2. The van der Waals surface area contributed by atoms with Crippen LogP contribution < -0.4 is 0 Å². The van der Waals surface area contributed by atoms with Crippen LogP contribution in [0, 0.1) is 0 Å². The van der Waals surface area contributed by atoms with Gasteiger partial charge in [0, 0.05) is 117 Å². The first-order valence-electron chi connectivity index (χ1n) is 34.0. The van der Waals surface area contributed by atoms with Gasteiger partial charge in [-0.1, -0.05) is 237 Å². The maximum absolute atomic E-state index is 7.15. The number of benzene rings is 14. The van der Waals surface area contributed by atoms with Crippen molar-refractivity contribution >= 4 is 151 Å². The minimum absolute atomic E-state index is 0.511. The zero-order valence-electron chi connectivity index (χ0n) is 54.1. The Hall–Kier alpha value is -13.3. The predicted molar refractivity (Wildman–Crippen MR) is 420 cm³/mol. The summed E-state index contributed by atoms with van der Waals surface area (Å²) in [6.07, 6.45) is 0. The van der Waals surface area contributed by atoms with E-state index in [1.807, 2.05) is 77.3 Å². The van der Waals surface area contributed by atoms with Crippen LogP contribution in [-0.2, 0) is 0 Å². The maximum atomic E-state index is 7.15. The lowest BCUT2D eigenvalue weighted by atomic mass is 9.93. The summed E-state index contributed by atoms with van der Waals surface area (Å²) in [5, 5.41) is 13.1. The van der Waals surface area contributed by atoms with Crippen LogP contribution in [0.4, 0.5) is 0 Å². The van der Waals surface area contributed by atoms with Crippen molar-refractivity contribution in [2.75, 3.05) is 0 Å². The predicted octanol–water partition coefficient (Wildman–Crippen LogP) is 24.5. The van der Waals surface area contributed by atoms with Gasteiger partial charge in [-0.2, -0.15) is 19.9 Å². The van der Waals surface area contributed by atoms with Crippen LogP contribution in [0.5, 0.6) is 0 Å². The van der Waals surface area contributed by atoms with Gasteiger partial charge in [0.15, 0.2) is 23.3 Å². The van der Waals surface area contributed by atoms with Gasteiger partial charge in [-0.3, -0.25) is 9.13 Å². The fourth-order valence-corrected chi connectivity index (χ4v) is 18.1. The fourth-order valence-electron chi connectivity index (χ4n) is 15.8. The number of nitrogens with zero attached hydrogens (tertiary/aromatic N) is 8. The Bertz CT molecular complexity index is 7230. The standard InChI is InChI=1S/C90H50N8O2S2/c1-3-21-51(22-4-1)85-91-88(95-89(93-85)97-70-36-12-7-25-57(70)58-26-8-13-37-71(58)97)67-35-20-40-75-80(67)65-33-18-31-62(83(65)100-75)61-46-45-56(84-81(61)63-29-11-16-42-77(63)102-84)54-43-47-73-68(49-54)59-27-9-14-38-72(59)98(73)90-94-86(52-23-5-2-6-24-52)92-87(96-90)66-34-19-39-74-79(66)64-32-17-30-55(82(64)99-74)53-44-48-78-69(50-53)60-28-10-15-41-76(60)101-78/h1-50H. The molecule has 8 heterocycles. The molecule has 0 aliphatic rings. The summed E-state index contributed by atoms with van der Waals surface area (Å²) in [5.41, 5.74) is 17.0. The van der Waals surface area contributed by atoms with Gasteiger partial charge >= 0.3 is 0 Å². The van der Waals surface area contributed by atoms with Crippen LogP contribution in [0.1, 0.15) is 0 Å². The summed E-state index contributed by atoms with van der Waals surface area (Å²) >= 11 is 3.64. The molecule has 0 unspecified atom stereocenters. The van der Waals surface area contributed by atoms with E-state index in [0.717, 1.165) is 143 Å². The first-order chi connectivity index (χ1) is 50.6. The third-order valence-electron chi connectivity index (χ3n) is 20.3. The Labute approximate surface area is 588 Å². The van der Waals surface area contributed by atoms with Crippen molar-refractivity contribution in [1.82, 2.24) is 39.0 Å². The fraction of sp³-hybridized carbons (Fsp3) is 0. The van der Waals surface area contributed by atoms with Crippen LogP contribution >= 0.6 is 22.7 Å². The maximum Gasteiger partial charge on any atom is 0.238 e. The minimum Gasteiger partial charge on any atom is -0.455 e. The summed E-state index contributed by atoms with van der Waals surface area (Å²) in [4.78, 5) is 32.2. The molecule has 0 N–H and O–H groups in total. The Morgan fingerprint density at radius 3 is 1.26 bits per heavy atom. The minimum atomic E-state index is 0.511. The van der Waals surface area contributed by atoms with E-state index in [4.69, 9.17) is 38.7 Å². The molecular formula is C90H50N8O2S2. The highest BCUT2D eigenvalue weighted by Crippen LogP contribution is 2.50. The Balaban J connectivity index is 0.687. The lowest BCUT2D eigenvalue weighted by Crippen LogP contribution is -2.06. The molecule has 0 aliphatic heterocycles. The van der Waals surface area contributed by atoms with Crippen LogP contribution in [0.3, 0.4) is 0 Å². The molecular weight excluding hydrogens is 1290 g/mol. The van der Waals surface area contributed by atoms with Gasteiger partial charge in [-0.25, -0.2) is 9.97 Å². The molecule has 8 aromatic heterocycles. The van der Waals surface area contributed by atoms with Crippen molar-refractivity contribution in [3.8, 4) is 90.8 Å². The number of hydrogen-bond donors (Lipinski definition) is 0. The second-order valence-corrected chi connectivity index (χ2v) is 28.1. The van der Waals surface area contributed by atoms with Crippen molar-refractivity contribution in [2.45, 2.75) is 0 Å². The Morgan fingerprint density at radius 1 is 0.235 bits per heavy atom. The highest BCUT2D eigenvalue weighted by Gasteiger charge is 2.27. The van der Waals surface area contributed by atoms with E-state index in [-0.39, 0.29) is 0 Å². The van der Waals surface area contributed by atoms with Crippen molar-refractivity contribution in [1.29, 1.82) is 0 Å². The molecule has 0 saturated heterocycles. The van der Waals surface area contributed by atoms with Gasteiger partial charge in [-0.05, 0) is 89.0 Å². The SMILES string of the molecule is c1ccc(-c2nc(-c3cccc4oc5c(-c6ccc7sc8ccccc8c7c6)cccc5c34)nc(-n3c4ccccc4c4cc(-c5ccc(-c6cccc7c6oc6cccc(-c8nc(-c9ccccc9)nc(-n9c%10ccccc%10c%10ccccc%109)n8)c67)c6c5sc5ccccc56)ccc43)n2)cc1. The third-order valence-corrected chi connectivity index (χ3v) is 22.7. The van der Waals surface area contributed by atoms with E-state index < -0.39 is 0 Å². The van der Waals surface area contributed by atoms with Crippen molar-refractivity contribution in [3.63, 3.8) is 0 Å². The summed E-state index contributed by atoms with van der Waals surface area (Å²) in [6.45, 7) is 0. The highest BCUT2D eigenvalue weighted by molar-refractivity contribution is 7.26. The van der Waals surface area contributed by atoms with Gasteiger partial charge in [0.25, 0.3) is 0 Å². The molecule has 0 aliphatic carbocycles. The molecule has 0 amide bonds. The smallest absolute Gasteiger partial charge is 0.238 e. The average molecular weight is 1340 g/mol. The molecule has 14 aromatic carbocycles. The molecule has 22 rings (SSSR count). The van der Waals surface area contributed by atoms with E-state index in [1.54, 1.807) is 0 Å². The van der Waals surface area contributed by atoms with Crippen molar-refractivity contribution in [3.05, 3.63) is 303 Å². The van der Waals surface area contributed by atoms with Crippen molar-refractivity contribution in [2.24, 2.45) is 0 Å². The number of para-hydroxylation sites is 5. The lowest BCUT2D eigenvalue weighted by molar-refractivity contribution is 0.669. The molecule has 0 fully saturated rings. The summed E-state index contributed by atoms with van der Waals surface area (Å²) in [7, 11) is 0. The van der Waals surface area contributed by atoms with Crippen LogP contribution in [0.15, 0.2) is 312 Å². The quantitative estimate of drug-likeness (QED) is 0.140. The lowest BCUT2D eigenvalue weighted by Gasteiger charge is -2.12. The first kappa shape index (κ1) is 56.7. The number of fused-ring (bicyclic) bond motifs is 18. The molecule has 0 bridgehead atoms. The molecule has 12 heteroatoms. The van der Waals surface area contributed by atoms with Crippen molar-refractivity contribution < 1.29 is 8.83 Å². The van der Waals surface area contributed by atoms with E-state index in [2.05, 4.69) is 258 Å². The zero-order valence-corrected chi connectivity index (χ0v) is 55.7. The number of furan rings is 2. The Kier molecular flexibility index (Phi) is 12.3. The summed E-state index contributed by atoms with van der Waals surface area (Å²) in [6, 6.07) is 107. The monoisotopic (exact) mass is 1340 g/mol. The van der Waals surface area contributed by atoms with E-state index >= 15 is 0 Å². The van der Waals surface area contributed by atoms with E-state index in [0.29, 0.717) is 35.2 Å². The third kappa shape index (κ3) is 8.57. The van der Waals surface area contributed by atoms with Gasteiger partial charge in [0.2, 0.25) is 11.9 Å².